The van der Waals surface area contributed by atoms with Gasteiger partial charge in [-0.15, -0.1) is 13.2 Å². The Kier molecular flexibility index (Phi) is 5.49. The minimum atomic E-state index is -4.70. The van der Waals surface area contributed by atoms with Crippen LogP contribution in [0.1, 0.15) is 12.8 Å². The van der Waals surface area contributed by atoms with Crippen LogP contribution < -0.4 is 25.7 Å². The Hall–Kier alpha value is -3.82. The number of rotatable bonds is 4. The fraction of sp³-hybridized carbons (Fsp3) is 0.261. The molecular weight excluding hydrogens is 433 g/mol. The van der Waals surface area contributed by atoms with Gasteiger partial charge < -0.3 is 9.64 Å². The van der Waals surface area contributed by atoms with Crippen molar-refractivity contribution in [2.24, 2.45) is 5.10 Å². The Morgan fingerprint density at radius 2 is 1.64 bits per heavy atom. The van der Waals surface area contributed by atoms with Crippen LogP contribution in [0.2, 0.25) is 0 Å². The molecule has 0 aliphatic carbocycles. The second kappa shape index (κ2) is 8.61. The number of aromatic nitrogens is 2. The highest BCUT2D eigenvalue weighted by atomic mass is 19.4. The molecule has 1 N–H and O–H groups in total. The fourth-order valence-electron chi connectivity index (χ4n) is 4.06. The second-order valence-corrected chi connectivity index (χ2v) is 7.86. The number of ether oxygens (including phenoxy) is 1. The van der Waals surface area contributed by atoms with Crippen molar-refractivity contribution in [3.8, 4) is 16.9 Å². The lowest BCUT2D eigenvalue weighted by atomic mass is 10.0. The molecule has 1 aromatic heterocycles. The quantitative estimate of drug-likeness (QED) is 0.654. The van der Waals surface area contributed by atoms with Crippen molar-refractivity contribution in [1.29, 1.82) is 0 Å². The lowest BCUT2D eigenvalue weighted by Gasteiger charge is -2.37. The average Bonchev–Trinajstić information content (AvgIpc) is 2.83. The molecule has 33 heavy (non-hydrogen) atoms. The summed E-state index contributed by atoms with van der Waals surface area (Å²) in [7, 11) is 0. The second-order valence-electron chi connectivity index (χ2n) is 7.86. The van der Waals surface area contributed by atoms with Gasteiger partial charge in [-0.3, -0.25) is 5.01 Å². The van der Waals surface area contributed by atoms with Crippen LogP contribution in [0.5, 0.6) is 5.75 Å². The van der Waals surface area contributed by atoms with Gasteiger partial charge in [0.05, 0.1) is 11.4 Å². The maximum atomic E-state index is 12.4. The molecule has 3 aromatic rings. The SMILES string of the molecule is FC(F)(F)Oc1ccc(-c2ccc3c(c2)=CN(C2CCN(c4ncccn4)CC2)NN=3)cc1. The lowest BCUT2D eigenvalue weighted by molar-refractivity contribution is -0.274. The topological polar surface area (TPSA) is 65.9 Å². The maximum Gasteiger partial charge on any atom is 0.573 e. The summed E-state index contributed by atoms with van der Waals surface area (Å²) >= 11 is 0. The van der Waals surface area contributed by atoms with E-state index >= 15 is 0 Å². The molecule has 1 fully saturated rings. The Morgan fingerprint density at radius 3 is 2.33 bits per heavy atom. The highest BCUT2D eigenvalue weighted by molar-refractivity contribution is 5.64. The van der Waals surface area contributed by atoms with Crippen LogP contribution in [-0.2, 0) is 0 Å². The third-order valence-electron chi connectivity index (χ3n) is 5.71. The summed E-state index contributed by atoms with van der Waals surface area (Å²) in [5.41, 5.74) is 4.80. The average molecular weight is 454 g/mol. The van der Waals surface area contributed by atoms with E-state index < -0.39 is 6.36 Å². The Morgan fingerprint density at radius 1 is 0.939 bits per heavy atom. The van der Waals surface area contributed by atoms with Gasteiger partial charge in [0.1, 0.15) is 5.75 Å². The van der Waals surface area contributed by atoms with Gasteiger partial charge in [0.25, 0.3) is 0 Å². The summed E-state index contributed by atoms with van der Waals surface area (Å²) in [4.78, 5) is 10.8. The number of nitrogens with one attached hydrogen (secondary N) is 1. The first-order valence-electron chi connectivity index (χ1n) is 10.6. The number of hydrogen-bond donors (Lipinski definition) is 1. The Labute approximate surface area is 187 Å². The fourth-order valence-corrected chi connectivity index (χ4v) is 4.06. The highest BCUT2D eigenvalue weighted by Crippen LogP contribution is 2.26. The first-order valence-corrected chi connectivity index (χ1v) is 10.6. The van der Waals surface area contributed by atoms with Crippen LogP contribution in [0.15, 0.2) is 66.0 Å². The molecule has 2 aliphatic heterocycles. The summed E-state index contributed by atoms with van der Waals surface area (Å²) in [5.74, 6) is 0.506. The first-order chi connectivity index (χ1) is 15.9. The van der Waals surface area contributed by atoms with Crippen molar-refractivity contribution < 1.29 is 17.9 Å². The molecule has 0 bridgehead atoms. The van der Waals surface area contributed by atoms with E-state index in [1.54, 1.807) is 30.6 Å². The number of hydrogen-bond acceptors (Lipinski definition) is 7. The summed E-state index contributed by atoms with van der Waals surface area (Å²) in [5, 5.41) is 8.25. The molecule has 0 spiro atoms. The van der Waals surface area contributed by atoms with Crippen LogP contribution in [0.3, 0.4) is 0 Å². The van der Waals surface area contributed by atoms with Gasteiger partial charge >= 0.3 is 6.36 Å². The van der Waals surface area contributed by atoms with E-state index in [1.165, 1.54) is 12.1 Å². The summed E-state index contributed by atoms with van der Waals surface area (Å²) < 4.78 is 41.1. The zero-order valence-corrected chi connectivity index (χ0v) is 17.5. The number of halogens is 3. The van der Waals surface area contributed by atoms with E-state index in [-0.39, 0.29) is 11.8 Å². The zero-order valence-electron chi connectivity index (χ0n) is 17.5. The molecular formula is C23H21F3N6O. The molecule has 5 rings (SSSR count). The number of fused-ring (bicyclic) bond motifs is 1. The molecule has 2 aromatic carbocycles. The van der Waals surface area contributed by atoms with Crippen LogP contribution >= 0.6 is 0 Å². The van der Waals surface area contributed by atoms with Gasteiger partial charge in [-0.05, 0) is 54.3 Å². The van der Waals surface area contributed by atoms with Crippen molar-refractivity contribution in [2.75, 3.05) is 18.0 Å². The third kappa shape index (κ3) is 4.84. The van der Waals surface area contributed by atoms with Crippen LogP contribution in [0.25, 0.3) is 17.3 Å². The van der Waals surface area contributed by atoms with Gasteiger partial charge in [0, 0.05) is 36.9 Å². The number of alkyl halides is 3. The predicted octanol–water partition coefficient (Wildman–Crippen LogP) is 2.80. The summed E-state index contributed by atoms with van der Waals surface area (Å²) in [6.45, 7) is 1.69. The van der Waals surface area contributed by atoms with Crippen LogP contribution in [0.4, 0.5) is 19.1 Å². The monoisotopic (exact) mass is 454 g/mol. The highest BCUT2D eigenvalue weighted by Gasteiger charge is 2.31. The molecule has 2 aliphatic rings. The van der Waals surface area contributed by atoms with E-state index in [1.807, 2.05) is 29.4 Å². The maximum absolute atomic E-state index is 12.4. The third-order valence-corrected chi connectivity index (χ3v) is 5.71. The number of anilines is 1. The van der Waals surface area contributed by atoms with E-state index in [4.69, 9.17) is 0 Å². The van der Waals surface area contributed by atoms with Crippen molar-refractivity contribution >= 4 is 12.1 Å². The van der Waals surface area contributed by atoms with Gasteiger partial charge in [-0.25, -0.2) is 15.5 Å². The van der Waals surface area contributed by atoms with Crippen molar-refractivity contribution in [3.05, 3.63) is 71.5 Å². The molecule has 10 heteroatoms. The smallest absolute Gasteiger partial charge is 0.406 e. The van der Waals surface area contributed by atoms with Gasteiger partial charge in [0.2, 0.25) is 5.95 Å². The van der Waals surface area contributed by atoms with Crippen LogP contribution in [-0.4, -0.2) is 40.5 Å². The largest absolute Gasteiger partial charge is 0.573 e. The van der Waals surface area contributed by atoms with Crippen LogP contribution in [0, 0.1) is 0 Å². The lowest BCUT2D eigenvalue weighted by Crippen LogP contribution is -2.51. The zero-order chi connectivity index (χ0) is 22.8. The van der Waals surface area contributed by atoms with Crippen molar-refractivity contribution in [2.45, 2.75) is 25.2 Å². The molecule has 3 heterocycles. The number of hydrazine groups is 1. The van der Waals surface area contributed by atoms with Gasteiger partial charge in [-0.2, -0.15) is 5.10 Å². The molecule has 0 atom stereocenters. The molecule has 7 nitrogen and oxygen atoms in total. The van der Waals surface area contributed by atoms with E-state index in [0.717, 1.165) is 53.6 Å². The molecule has 0 unspecified atom stereocenters. The molecule has 170 valence electrons. The van der Waals surface area contributed by atoms with E-state index in [0.29, 0.717) is 0 Å². The molecule has 0 saturated carbocycles. The molecule has 0 radical (unpaired) electrons. The van der Waals surface area contributed by atoms with Crippen molar-refractivity contribution in [1.82, 2.24) is 20.5 Å². The minimum absolute atomic E-state index is 0.242. The first kappa shape index (κ1) is 21.0. The van der Waals surface area contributed by atoms with Gasteiger partial charge in [0.15, 0.2) is 0 Å². The van der Waals surface area contributed by atoms with E-state index in [2.05, 4.69) is 30.2 Å². The molecule has 1 saturated heterocycles. The number of benzene rings is 2. The standard InChI is InChI=1S/C23H21F3N6O/c24-23(25,26)33-20-5-2-16(3-6-20)17-4-7-21-18(14-17)15-32(30-29-21)19-8-12-31(13-9-19)22-27-10-1-11-28-22/h1-7,10-11,14-15,19,30H,8-9,12-13H2. The number of piperidine rings is 1. The predicted molar refractivity (Wildman–Crippen MR) is 116 cm³/mol. The Bertz CT molecular complexity index is 1230. The minimum Gasteiger partial charge on any atom is -0.406 e. The van der Waals surface area contributed by atoms with Crippen molar-refractivity contribution in [3.63, 3.8) is 0 Å². The number of nitrogens with zero attached hydrogens (tertiary/aromatic N) is 5. The van der Waals surface area contributed by atoms with Gasteiger partial charge in [-0.1, -0.05) is 18.2 Å². The summed E-state index contributed by atoms with van der Waals surface area (Å²) in [6.07, 6.45) is 2.67. The normalized spacial score (nSPS) is 16.3. The summed E-state index contributed by atoms with van der Waals surface area (Å²) in [6, 6.07) is 13.7. The molecule has 0 amide bonds. The Balaban J connectivity index is 1.31. The van der Waals surface area contributed by atoms with E-state index in [9.17, 15) is 13.2 Å².